The first-order valence-corrected chi connectivity index (χ1v) is 8.64. The molecule has 0 aliphatic heterocycles. The molecule has 0 fully saturated rings. The summed E-state index contributed by atoms with van der Waals surface area (Å²) in [5, 5.41) is 11.6. The minimum absolute atomic E-state index is 0.0862. The minimum Gasteiger partial charge on any atom is -0.409 e. The zero-order valence-electron chi connectivity index (χ0n) is 15.1. The molecular formula is C20H19N3O4. The minimum atomic E-state index is -0.502. The summed E-state index contributed by atoms with van der Waals surface area (Å²) in [5.74, 6) is 0.249. The Morgan fingerprint density at radius 3 is 2.44 bits per heavy atom. The number of nitro groups is 1. The Morgan fingerprint density at radius 1 is 1.11 bits per heavy atom. The average Bonchev–Trinajstić information content (AvgIpc) is 2.69. The van der Waals surface area contributed by atoms with Crippen molar-refractivity contribution < 1.29 is 14.5 Å². The van der Waals surface area contributed by atoms with E-state index >= 15 is 0 Å². The van der Waals surface area contributed by atoms with Crippen LogP contribution >= 0.6 is 0 Å². The Balaban J connectivity index is 2.15. The van der Waals surface area contributed by atoms with Crippen LogP contribution in [-0.4, -0.2) is 34.0 Å². The Hall–Kier alpha value is -3.48. The molecule has 0 saturated carbocycles. The second kappa shape index (κ2) is 7.82. The molecule has 3 rings (SSSR count). The standard InChI is InChI=1S/C20H19N3O4/c1-3-22(4-2)20(24)27-19-13-18(14-8-6-5-7-9-14)21-17-11-10-15(23(25)26)12-16(17)19/h5-13H,3-4H2,1-2H3. The van der Waals surface area contributed by atoms with Crippen LogP contribution in [0.5, 0.6) is 5.75 Å². The van der Waals surface area contributed by atoms with Crippen LogP contribution in [-0.2, 0) is 0 Å². The molecule has 7 heteroatoms. The lowest BCUT2D eigenvalue weighted by atomic mass is 10.1. The fraction of sp³-hybridized carbons (Fsp3) is 0.200. The normalized spacial score (nSPS) is 10.6. The van der Waals surface area contributed by atoms with Gasteiger partial charge in [0.2, 0.25) is 0 Å². The van der Waals surface area contributed by atoms with E-state index in [4.69, 9.17) is 4.74 Å². The van der Waals surface area contributed by atoms with Crippen molar-refractivity contribution >= 4 is 22.7 Å². The average molecular weight is 365 g/mol. The van der Waals surface area contributed by atoms with Gasteiger partial charge in [0.25, 0.3) is 5.69 Å². The summed E-state index contributed by atoms with van der Waals surface area (Å²) in [4.78, 5) is 29.2. The van der Waals surface area contributed by atoms with Crippen molar-refractivity contribution in [1.82, 2.24) is 9.88 Å². The summed E-state index contributed by atoms with van der Waals surface area (Å²) < 4.78 is 5.59. The van der Waals surface area contributed by atoms with Crippen molar-refractivity contribution in [1.29, 1.82) is 0 Å². The Bertz CT molecular complexity index is 985. The van der Waals surface area contributed by atoms with Gasteiger partial charge in [-0.2, -0.15) is 0 Å². The molecule has 138 valence electrons. The van der Waals surface area contributed by atoms with Crippen molar-refractivity contribution in [2.45, 2.75) is 13.8 Å². The second-order valence-corrected chi connectivity index (χ2v) is 5.87. The van der Waals surface area contributed by atoms with E-state index in [9.17, 15) is 14.9 Å². The van der Waals surface area contributed by atoms with Gasteiger partial charge in [-0.1, -0.05) is 30.3 Å². The molecule has 0 aliphatic rings. The van der Waals surface area contributed by atoms with E-state index in [-0.39, 0.29) is 11.4 Å². The fourth-order valence-electron chi connectivity index (χ4n) is 2.78. The number of nitro benzene ring substituents is 1. The van der Waals surface area contributed by atoms with Crippen LogP contribution in [0.2, 0.25) is 0 Å². The van der Waals surface area contributed by atoms with Gasteiger partial charge in [-0.25, -0.2) is 9.78 Å². The molecule has 3 aromatic rings. The van der Waals surface area contributed by atoms with Gasteiger partial charge >= 0.3 is 6.09 Å². The van der Waals surface area contributed by atoms with Gasteiger partial charge < -0.3 is 9.64 Å². The van der Waals surface area contributed by atoms with Crippen LogP contribution in [0.1, 0.15) is 13.8 Å². The zero-order valence-corrected chi connectivity index (χ0v) is 15.1. The van der Waals surface area contributed by atoms with E-state index < -0.39 is 11.0 Å². The maximum absolute atomic E-state index is 12.4. The molecule has 0 spiro atoms. The van der Waals surface area contributed by atoms with Crippen LogP contribution < -0.4 is 4.74 Å². The molecular weight excluding hydrogens is 346 g/mol. The molecule has 0 bridgehead atoms. The van der Waals surface area contributed by atoms with E-state index in [1.54, 1.807) is 12.1 Å². The van der Waals surface area contributed by atoms with Gasteiger partial charge in [0.15, 0.2) is 0 Å². The summed E-state index contributed by atoms with van der Waals surface area (Å²) in [5.41, 5.74) is 1.92. The maximum atomic E-state index is 12.4. The number of nitrogens with zero attached hydrogens (tertiary/aromatic N) is 3. The quantitative estimate of drug-likeness (QED) is 0.485. The van der Waals surface area contributed by atoms with E-state index in [0.29, 0.717) is 29.7 Å². The summed E-state index contributed by atoms with van der Waals surface area (Å²) in [6, 6.07) is 15.4. The van der Waals surface area contributed by atoms with Gasteiger partial charge in [-0.3, -0.25) is 10.1 Å². The number of non-ortho nitro benzene ring substituents is 1. The molecule has 0 radical (unpaired) electrons. The van der Waals surface area contributed by atoms with Crippen molar-refractivity contribution in [2.24, 2.45) is 0 Å². The third kappa shape index (κ3) is 3.87. The Morgan fingerprint density at radius 2 is 1.81 bits per heavy atom. The SMILES string of the molecule is CCN(CC)C(=O)Oc1cc(-c2ccccc2)nc2ccc([N+](=O)[O-])cc12. The zero-order chi connectivity index (χ0) is 19.4. The largest absolute Gasteiger partial charge is 0.415 e. The first-order valence-electron chi connectivity index (χ1n) is 8.64. The van der Waals surface area contributed by atoms with E-state index in [2.05, 4.69) is 4.98 Å². The predicted octanol–water partition coefficient (Wildman–Crippen LogP) is 4.65. The number of hydrogen-bond acceptors (Lipinski definition) is 5. The molecule has 7 nitrogen and oxygen atoms in total. The van der Waals surface area contributed by atoms with Crippen molar-refractivity contribution in [2.75, 3.05) is 13.1 Å². The van der Waals surface area contributed by atoms with Gasteiger partial charge in [-0.15, -0.1) is 0 Å². The summed E-state index contributed by atoms with van der Waals surface area (Å²) in [6.07, 6.45) is -0.502. The van der Waals surface area contributed by atoms with Crippen LogP contribution in [0.3, 0.4) is 0 Å². The summed E-state index contributed by atoms with van der Waals surface area (Å²) in [7, 11) is 0. The number of amides is 1. The van der Waals surface area contributed by atoms with Crippen LogP contribution in [0.15, 0.2) is 54.6 Å². The molecule has 0 aliphatic carbocycles. The Labute approximate surface area is 156 Å². The number of ether oxygens (including phenoxy) is 1. The number of rotatable bonds is 5. The second-order valence-electron chi connectivity index (χ2n) is 5.87. The van der Waals surface area contributed by atoms with Crippen molar-refractivity contribution in [3.8, 4) is 17.0 Å². The monoisotopic (exact) mass is 365 g/mol. The molecule has 1 heterocycles. The third-order valence-corrected chi connectivity index (χ3v) is 4.25. The first-order chi connectivity index (χ1) is 13.0. The third-order valence-electron chi connectivity index (χ3n) is 4.25. The summed E-state index contributed by atoms with van der Waals surface area (Å²) in [6.45, 7) is 4.72. The van der Waals surface area contributed by atoms with Gasteiger partial charge in [0.1, 0.15) is 5.75 Å². The smallest absolute Gasteiger partial charge is 0.409 e. The van der Waals surface area contributed by atoms with Crippen LogP contribution in [0.4, 0.5) is 10.5 Å². The molecule has 0 atom stereocenters. The molecule has 1 aromatic heterocycles. The summed E-state index contributed by atoms with van der Waals surface area (Å²) >= 11 is 0. The molecule has 2 aromatic carbocycles. The number of aromatic nitrogens is 1. The lowest BCUT2D eigenvalue weighted by molar-refractivity contribution is -0.384. The number of carbonyl (C=O) groups excluding carboxylic acids is 1. The molecule has 0 saturated heterocycles. The highest BCUT2D eigenvalue weighted by Crippen LogP contribution is 2.32. The number of fused-ring (bicyclic) bond motifs is 1. The van der Waals surface area contributed by atoms with Crippen molar-refractivity contribution in [3.63, 3.8) is 0 Å². The van der Waals surface area contributed by atoms with Crippen LogP contribution in [0, 0.1) is 10.1 Å². The van der Waals surface area contributed by atoms with E-state index in [1.165, 1.54) is 17.0 Å². The highest BCUT2D eigenvalue weighted by Gasteiger charge is 2.18. The fourth-order valence-corrected chi connectivity index (χ4v) is 2.78. The number of pyridine rings is 1. The van der Waals surface area contributed by atoms with E-state index in [0.717, 1.165) is 5.56 Å². The highest BCUT2D eigenvalue weighted by atomic mass is 16.6. The first kappa shape index (κ1) is 18.3. The Kier molecular flexibility index (Phi) is 5.30. The van der Waals surface area contributed by atoms with Gasteiger partial charge in [0.05, 0.1) is 16.1 Å². The lowest BCUT2D eigenvalue weighted by Gasteiger charge is -2.19. The van der Waals surface area contributed by atoms with E-state index in [1.807, 2.05) is 44.2 Å². The lowest BCUT2D eigenvalue weighted by Crippen LogP contribution is -2.33. The molecule has 27 heavy (non-hydrogen) atoms. The number of carbonyl (C=O) groups is 1. The highest BCUT2D eigenvalue weighted by molar-refractivity contribution is 5.91. The molecule has 0 N–H and O–H groups in total. The molecule has 1 amide bonds. The molecule has 0 unspecified atom stereocenters. The van der Waals surface area contributed by atoms with Crippen LogP contribution in [0.25, 0.3) is 22.2 Å². The topological polar surface area (TPSA) is 85.6 Å². The van der Waals surface area contributed by atoms with Gasteiger partial charge in [0, 0.05) is 42.2 Å². The maximum Gasteiger partial charge on any atom is 0.415 e. The van der Waals surface area contributed by atoms with Crippen molar-refractivity contribution in [3.05, 3.63) is 64.7 Å². The number of hydrogen-bond donors (Lipinski definition) is 0. The number of benzene rings is 2. The van der Waals surface area contributed by atoms with Gasteiger partial charge in [-0.05, 0) is 19.9 Å². The predicted molar refractivity (Wildman–Crippen MR) is 103 cm³/mol.